The second-order valence-electron chi connectivity index (χ2n) is 4.50. The summed E-state index contributed by atoms with van der Waals surface area (Å²) in [6.45, 7) is 1.85. The van der Waals surface area contributed by atoms with E-state index in [2.05, 4.69) is 53.8 Å². The number of hydrogen-bond donors (Lipinski definition) is 2. The maximum atomic E-state index is 10.7. The van der Waals surface area contributed by atoms with Crippen LogP contribution in [0.4, 0.5) is 13.2 Å². The molecule has 8 heteroatoms. The Kier molecular flexibility index (Phi) is 7.21. The van der Waals surface area contributed by atoms with Crippen LogP contribution in [0.3, 0.4) is 0 Å². The first-order chi connectivity index (χ1) is 10.7. The molecule has 2 aromatic rings. The van der Waals surface area contributed by atoms with Gasteiger partial charge in [-0.3, -0.25) is 4.55 Å². The second-order valence-corrected chi connectivity index (χ2v) is 5.91. The lowest BCUT2D eigenvalue weighted by molar-refractivity contribution is -0.0510. The van der Waals surface area contributed by atoms with E-state index in [0.29, 0.717) is 0 Å². The number of nitrogens with one attached hydrogen (secondary N) is 1. The molecule has 126 valence electrons. The van der Waals surface area contributed by atoms with E-state index in [1.54, 1.807) is 0 Å². The van der Waals surface area contributed by atoms with E-state index in [-0.39, 0.29) is 0 Å². The average molecular weight is 347 g/mol. The number of alkyl halides is 3. The van der Waals surface area contributed by atoms with Crippen LogP contribution in [0.2, 0.25) is 0 Å². The van der Waals surface area contributed by atoms with E-state index in [1.807, 2.05) is 12.1 Å². The summed E-state index contributed by atoms with van der Waals surface area (Å²) in [5.74, 6) is 0. The predicted molar refractivity (Wildman–Crippen MR) is 81.0 cm³/mol. The van der Waals surface area contributed by atoms with Crippen LogP contribution in [0.15, 0.2) is 60.7 Å². The molecule has 0 fully saturated rings. The van der Waals surface area contributed by atoms with Crippen LogP contribution in [-0.4, -0.2) is 18.5 Å². The fraction of sp³-hybridized carbons (Fsp3) is 0.200. The Bertz CT molecular complexity index is 635. The Hall–Kier alpha value is -1.90. The Morgan fingerprint density at radius 3 is 1.39 bits per heavy atom. The quantitative estimate of drug-likeness (QED) is 0.657. The minimum atomic E-state index is -5.84. The van der Waals surface area contributed by atoms with Gasteiger partial charge in [-0.05, 0) is 11.1 Å². The lowest BCUT2D eigenvalue weighted by atomic mass is 10.2. The van der Waals surface area contributed by atoms with Crippen LogP contribution < -0.4 is 5.32 Å². The average Bonchev–Trinajstić information content (AvgIpc) is 2.48. The lowest BCUT2D eigenvalue weighted by Gasteiger charge is -2.04. The van der Waals surface area contributed by atoms with E-state index in [0.717, 1.165) is 13.1 Å². The Balaban J connectivity index is 0.000000284. The van der Waals surface area contributed by atoms with Gasteiger partial charge in [0, 0.05) is 13.1 Å². The standard InChI is InChI=1S/C14H15N.CHF3O3S/c1-3-7-13(8-4-1)11-15-12-14-9-5-2-6-10-14;2-1(3,4)8(5,6)7/h1-10,15H,11-12H2;(H,5,6,7). The summed E-state index contributed by atoms with van der Waals surface area (Å²) in [7, 11) is -5.84. The molecule has 0 aliphatic carbocycles. The van der Waals surface area contributed by atoms with E-state index >= 15 is 0 Å². The van der Waals surface area contributed by atoms with Crippen molar-refractivity contribution in [2.75, 3.05) is 0 Å². The van der Waals surface area contributed by atoms with E-state index in [1.165, 1.54) is 11.1 Å². The van der Waals surface area contributed by atoms with Gasteiger partial charge < -0.3 is 5.32 Å². The molecule has 0 saturated heterocycles. The van der Waals surface area contributed by atoms with Gasteiger partial charge in [0.2, 0.25) is 0 Å². The number of rotatable bonds is 4. The van der Waals surface area contributed by atoms with E-state index in [9.17, 15) is 13.2 Å². The molecule has 0 radical (unpaired) electrons. The Morgan fingerprint density at radius 2 is 1.13 bits per heavy atom. The molecule has 0 atom stereocenters. The highest BCUT2D eigenvalue weighted by atomic mass is 32.2. The van der Waals surface area contributed by atoms with Crippen LogP contribution in [0.5, 0.6) is 0 Å². The molecule has 4 nitrogen and oxygen atoms in total. The third-order valence-electron chi connectivity index (χ3n) is 2.64. The fourth-order valence-electron chi connectivity index (χ4n) is 1.54. The first kappa shape index (κ1) is 19.1. The third-order valence-corrected chi connectivity index (χ3v) is 3.22. The minimum Gasteiger partial charge on any atom is -0.309 e. The molecular weight excluding hydrogens is 331 g/mol. The first-order valence-electron chi connectivity index (χ1n) is 6.52. The van der Waals surface area contributed by atoms with Crippen LogP contribution in [0.1, 0.15) is 11.1 Å². The summed E-state index contributed by atoms with van der Waals surface area (Å²) in [6, 6.07) is 20.9. The van der Waals surface area contributed by atoms with Gasteiger partial charge in [0.05, 0.1) is 0 Å². The highest BCUT2D eigenvalue weighted by Crippen LogP contribution is 2.20. The maximum absolute atomic E-state index is 10.7. The van der Waals surface area contributed by atoms with Crippen LogP contribution in [0, 0.1) is 0 Å². The molecule has 0 spiro atoms. The van der Waals surface area contributed by atoms with Crippen molar-refractivity contribution in [3.05, 3.63) is 71.8 Å². The zero-order chi connectivity index (χ0) is 17.3. The summed E-state index contributed by atoms with van der Waals surface area (Å²) in [4.78, 5) is 0. The fourth-order valence-corrected chi connectivity index (χ4v) is 1.54. The molecule has 2 aromatic carbocycles. The summed E-state index contributed by atoms with van der Waals surface area (Å²) >= 11 is 0. The van der Waals surface area contributed by atoms with Gasteiger partial charge in [-0.25, -0.2) is 0 Å². The number of benzene rings is 2. The monoisotopic (exact) mass is 347 g/mol. The van der Waals surface area contributed by atoms with Crippen molar-refractivity contribution in [1.82, 2.24) is 5.32 Å². The van der Waals surface area contributed by atoms with Gasteiger partial charge >= 0.3 is 15.6 Å². The molecule has 0 aliphatic rings. The molecule has 0 amide bonds. The maximum Gasteiger partial charge on any atom is 0.522 e. The molecule has 0 bridgehead atoms. The lowest BCUT2D eigenvalue weighted by Crippen LogP contribution is -2.21. The van der Waals surface area contributed by atoms with Gasteiger partial charge in [0.1, 0.15) is 0 Å². The molecule has 2 rings (SSSR count). The van der Waals surface area contributed by atoms with Gasteiger partial charge in [-0.15, -0.1) is 0 Å². The van der Waals surface area contributed by atoms with E-state index in [4.69, 9.17) is 13.0 Å². The summed E-state index contributed by atoms with van der Waals surface area (Å²) in [5.41, 5.74) is -2.88. The van der Waals surface area contributed by atoms with Gasteiger partial charge in [-0.1, -0.05) is 60.7 Å². The Morgan fingerprint density at radius 1 is 0.826 bits per heavy atom. The molecule has 2 N–H and O–H groups in total. The smallest absolute Gasteiger partial charge is 0.309 e. The Labute approximate surface area is 132 Å². The SMILES string of the molecule is O=S(=O)(O)C(F)(F)F.c1ccc(CNCc2ccccc2)cc1. The van der Waals surface area contributed by atoms with Crippen molar-refractivity contribution in [3.63, 3.8) is 0 Å². The van der Waals surface area contributed by atoms with Gasteiger partial charge in [-0.2, -0.15) is 21.6 Å². The summed E-state index contributed by atoms with van der Waals surface area (Å²) < 4.78 is 57.5. The van der Waals surface area contributed by atoms with Crippen molar-refractivity contribution in [2.24, 2.45) is 0 Å². The first-order valence-corrected chi connectivity index (χ1v) is 7.96. The predicted octanol–water partition coefficient (Wildman–Crippen LogP) is 3.37. The highest BCUT2D eigenvalue weighted by Gasteiger charge is 2.44. The van der Waals surface area contributed by atoms with Crippen molar-refractivity contribution in [3.8, 4) is 0 Å². The zero-order valence-electron chi connectivity index (χ0n) is 12.0. The van der Waals surface area contributed by atoms with Crippen molar-refractivity contribution < 1.29 is 26.1 Å². The largest absolute Gasteiger partial charge is 0.522 e. The molecule has 0 saturated carbocycles. The molecule has 0 aliphatic heterocycles. The van der Waals surface area contributed by atoms with Crippen LogP contribution in [0.25, 0.3) is 0 Å². The van der Waals surface area contributed by atoms with Crippen LogP contribution in [-0.2, 0) is 23.2 Å². The molecular formula is C15H16F3NO3S. The third kappa shape index (κ3) is 7.78. The van der Waals surface area contributed by atoms with Gasteiger partial charge in [0.25, 0.3) is 0 Å². The molecule has 0 aromatic heterocycles. The van der Waals surface area contributed by atoms with Crippen LogP contribution >= 0.6 is 0 Å². The minimum absolute atomic E-state index is 0.926. The van der Waals surface area contributed by atoms with Crippen molar-refractivity contribution in [1.29, 1.82) is 0 Å². The summed E-state index contributed by atoms with van der Waals surface area (Å²) in [6.07, 6.45) is 0. The molecule has 23 heavy (non-hydrogen) atoms. The van der Waals surface area contributed by atoms with Crippen molar-refractivity contribution in [2.45, 2.75) is 18.6 Å². The highest BCUT2D eigenvalue weighted by molar-refractivity contribution is 7.86. The zero-order valence-corrected chi connectivity index (χ0v) is 12.8. The molecule has 0 heterocycles. The van der Waals surface area contributed by atoms with Crippen molar-refractivity contribution >= 4 is 10.1 Å². The van der Waals surface area contributed by atoms with Gasteiger partial charge in [0.15, 0.2) is 0 Å². The second kappa shape index (κ2) is 8.66. The summed E-state index contributed by atoms with van der Waals surface area (Å²) in [5, 5.41) is 3.42. The number of hydrogen-bond acceptors (Lipinski definition) is 3. The topological polar surface area (TPSA) is 66.4 Å². The molecule has 0 unspecified atom stereocenters. The normalized spacial score (nSPS) is 11.5. The number of halogens is 3. The van der Waals surface area contributed by atoms with E-state index < -0.39 is 15.6 Å².